The third kappa shape index (κ3) is 5.17. The van der Waals surface area contributed by atoms with Gasteiger partial charge in [-0.05, 0) is 30.9 Å². The molecular weight excluding hydrogens is 264 g/mol. The standard InChI is InChI=1S/C18H24O3/c1-20-14-21-17(13-12-15-8-4-2-5-9-15)18(19)16-10-6-3-7-11-16/h2,4-5,8-9,16-19H,3,6-7,10-11,14H2,1H3/t17-,18+/m1/s1. The minimum absolute atomic E-state index is 0.151. The van der Waals surface area contributed by atoms with Gasteiger partial charge < -0.3 is 14.6 Å². The molecule has 0 saturated heterocycles. The molecule has 1 aromatic rings. The summed E-state index contributed by atoms with van der Waals surface area (Å²) < 4.78 is 10.5. The lowest BCUT2D eigenvalue weighted by molar-refractivity contribution is -0.105. The second kappa shape index (κ2) is 8.84. The summed E-state index contributed by atoms with van der Waals surface area (Å²) in [6.07, 6.45) is 4.71. The van der Waals surface area contributed by atoms with Gasteiger partial charge in [0.1, 0.15) is 12.9 Å². The van der Waals surface area contributed by atoms with E-state index in [-0.39, 0.29) is 12.7 Å². The van der Waals surface area contributed by atoms with E-state index in [4.69, 9.17) is 9.47 Å². The molecule has 1 saturated carbocycles. The topological polar surface area (TPSA) is 38.7 Å². The van der Waals surface area contributed by atoms with Gasteiger partial charge >= 0.3 is 0 Å². The summed E-state index contributed by atoms with van der Waals surface area (Å²) in [7, 11) is 1.58. The molecule has 1 N–H and O–H groups in total. The van der Waals surface area contributed by atoms with Crippen molar-refractivity contribution in [2.75, 3.05) is 13.9 Å². The smallest absolute Gasteiger partial charge is 0.148 e. The van der Waals surface area contributed by atoms with Crippen molar-refractivity contribution in [2.45, 2.75) is 44.3 Å². The Labute approximate surface area is 127 Å². The van der Waals surface area contributed by atoms with Crippen molar-refractivity contribution in [3.63, 3.8) is 0 Å². The average molecular weight is 288 g/mol. The molecule has 1 aromatic carbocycles. The molecule has 0 amide bonds. The van der Waals surface area contributed by atoms with Crippen LogP contribution in [0.5, 0.6) is 0 Å². The Hall–Kier alpha value is -1.34. The van der Waals surface area contributed by atoms with Gasteiger partial charge in [0.15, 0.2) is 0 Å². The van der Waals surface area contributed by atoms with Crippen LogP contribution in [0.3, 0.4) is 0 Å². The Morgan fingerprint density at radius 1 is 1.19 bits per heavy atom. The number of hydrogen-bond acceptors (Lipinski definition) is 3. The number of aliphatic hydroxyl groups is 1. The molecule has 0 bridgehead atoms. The van der Waals surface area contributed by atoms with Gasteiger partial charge in [-0.2, -0.15) is 0 Å². The number of ether oxygens (including phenoxy) is 2. The van der Waals surface area contributed by atoms with Gasteiger partial charge in [0.05, 0.1) is 6.10 Å². The Kier molecular flexibility index (Phi) is 6.75. The van der Waals surface area contributed by atoms with E-state index < -0.39 is 12.2 Å². The maximum absolute atomic E-state index is 10.6. The van der Waals surface area contributed by atoms with Gasteiger partial charge in [-0.3, -0.25) is 0 Å². The Bertz CT molecular complexity index is 454. The second-order valence-corrected chi connectivity index (χ2v) is 5.52. The molecule has 1 aliphatic rings. The van der Waals surface area contributed by atoms with E-state index in [0.717, 1.165) is 18.4 Å². The van der Waals surface area contributed by atoms with Crippen molar-refractivity contribution in [1.82, 2.24) is 0 Å². The predicted octanol–water partition coefficient (Wildman–Crippen LogP) is 2.97. The molecule has 0 aliphatic heterocycles. The molecule has 1 aliphatic carbocycles. The van der Waals surface area contributed by atoms with E-state index in [1.807, 2.05) is 30.3 Å². The van der Waals surface area contributed by atoms with Crippen molar-refractivity contribution in [3.8, 4) is 11.8 Å². The molecule has 3 nitrogen and oxygen atoms in total. The van der Waals surface area contributed by atoms with Crippen LogP contribution in [0.4, 0.5) is 0 Å². The molecular formula is C18H24O3. The monoisotopic (exact) mass is 288 g/mol. The molecule has 0 aromatic heterocycles. The highest BCUT2D eigenvalue weighted by atomic mass is 16.7. The highest BCUT2D eigenvalue weighted by Gasteiger charge is 2.28. The summed E-state index contributed by atoms with van der Waals surface area (Å²) in [5, 5.41) is 10.6. The quantitative estimate of drug-likeness (QED) is 0.669. The molecule has 0 unspecified atom stereocenters. The fraction of sp³-hybridized carbons (Fsp3) is 0.556. The fourth-order valence-corrected chi connectivity index (χ4v) is 2.77. The van der Waals surface area contributed by atoms with Crippen LogP contribution in [-0.2, 0) is 9.47 Å². The summed E-state index contributed by atoms with van der Waals surface area (Å²) in [6, 6.07) is 9.76. The maximum atomic E-state index is 10.6. The van der Waals surface area contributed by atoms with Crippen molar-refractivity contribution in [2.24, 2.45) is 5.92 Å². The van der Waals surface area contributed by atoms with E-state index >= 15 is 0 Å². The molecule has 114 valence electrons. The van der Waals surface area contributed by atoms with Gasteiger partial charge in [-0.15, -0.1) is 0 Å². The van der Waals surface area contributed by atoms with E-state index in [0.29, 0.717) is 0 Å². The van der Waals surface area contributed by atoms with Crippen LogP contribution in [0.2, 0.25) is 0 Å². The first-order valence-electron chi connectivity index (χ1n) is 7.66. The van der Waals surface area contributed by atoms with Gasteiger partial charge in [-0.25, -0.2) is 0 Å². The van der Waals surface area contributed by atoms with E-state index in [9.17, 15) is 5.11 Å². The molecule has 1 fully saturated rings. The zero-order chi connectivity index (χ0) is 14.9. The van der Waals surface area contributed by atoms with Crippen LogP contribution >= 0.6 is 0 Å². The molecule has 0 spiro atoms. The van der Waals surface area contributed by atoms with Gasteiger partial charge in [-0.1, -0.05) is 49.3 Å². The van der Waals surface area contributed by atoms with Crippen molar-refractivity contribution in [3.05, 3.63) is 35.9 Å². The molecule has 21 heavy (non-hydrogen) atoms. The van der Waals surface area contributed by atoms with Crippen molar-refractivity contribution in [1.29, 1.82) is 0 Å². The maximum Gasteiger partial charge on any atom is 0.148 e. The third-order valence-corrected chi connectivity index (χ3v) is 3.94. The zero-order valence-electron chi connectivity index (χ0n) is 12.6. The highest BCUT2D eigenvalue weighted by Crippen LogP contribution is 2.28. The highest BCUT2D eigenvalue weighted by molar-refractivity contribution is 5.34. The Balaban J connectivity index is 2.04. The number of hydrogen-bond donors (Lipinski definition) is 1. The summed E-state index contributed by atoms with van der Waals surface area (Å²) in [4.78, 5) is 0. The average Bonchev–Trinajstić information content (AvgIpc) is 2.56. The zero-order valence-corrected chi connectivity index (χ0v) is 12.6. The summed E-state index contributed by atoms with van der Waals surface area (Å²) in [6.45, 7) is 0.151. The van der Waals surface area contributed by atoms with Crippen LogP contribution in [0.1, 0.15) is 37.7 Å². The third-order valence-electron chi connectivity index (χ3n) is 3.94. The summed E-state index contributed by atoms with van der Waals surface area (Å²) >= 11 is 0. The predicted molar refractivity (Wildman–Crippen MR) is 82.7 cm³/mol. The van der Waals surface area contributed by atoms with Gasteiger partial charge in [0.2, 0.25) is 0 Å². The molecule has 3 heteroatoms. The number of rotatable bonds is 5. The number of aliphatic hydroxyl groups excluding tert-OH is 1. The van der Waals surface area contributed by atoms with E-state index in [2.05, 4.69) is 11.8 Å². The lowest BCUT2D eigenvalue weighted by Gasteiger charge is -2.29. The van der Waals surface area contributed by atoms with Crippen LogP contribution < -0.4 is 0 Å². The number of benzene rings is 1. The largest absolute Gasteiger partial charge is 0.389 e. The molecule has 2 rings (SSSR count). The first-order valence-corrected chi connectivity index (χ1v) is 7.66. The minimum atomic E-state index is -0.545. The normalized spacial score (nSPS) is 18.6. The van der Waals surface area contributed by atoms with Crippen LogP contribution in [-0.4, -0.2) is 31.2 Å². The number of methoxy groups -OCH3 is 1. The van der Waals surface area contributed by atoms with Gasteiger partial charge in [0, 0.05) is 12.7 Å². The van der Waals surface area contributed by atoms with E-state index in [1.54, 1.807) is 7.11 Å². The van der Waals surface area contributed by atoms with Crippen molar-refractivity contribution < 1.29 is 14.6 Å². The molecule has 2 atom stereocenters. The molecule has 0 radical (unpaired) electrons. The van der Waals surface area contributed by atoms with Crippen LogP contribution in [0.15, 0.2) is 30.3 Å². The lowest BCUT2D eigenvalue weighted by atomic mass is 9.83. The minimum Gasteiger partial charge on any atom is -0.389 e. The molecule has 0 heterocycles. The Morgan fingerprint density at radius 3 is 2.57 bits per heavy atom. The fourth-order valence-electron chi connectivity index (χ4n) is 2.77. The second-order valence-electron chi connectivity index (χ2n) is 5.52. The first-order chi connectivity index (χ1) is 10.3. The Morgan fingerprint density at radius 2 is 1.90 bits per heavy atom. The van der Waals surface area contributed by atoms with Gasteiger partial charge in [0.25, 0.3) is 0 Å². The van der Waals surface area contributed by atoms with Crippen LogP contribution in [0.25, 0.3) is 0 Å². The van der Waals surface area contributed by atoms with E-state index in [1.165, 1.54) is 19.3 Å². The van der Waals surface area contributed by atoms with Crippen molar-refractivity contribution >= 4 is 0 Å². The lowest BCUT2D eigenvalue weighted by Crippen LogP contribution is -2.36. The SMILES string of the molecule is COCO[C@H](C#Cc1ccccc1)[C@@H](O)C1CCCCC1. The summed E-state index contributed by atoms with van der Waals surface area (Å²) in [5.41, 5.74) is 0.930. The first kappa shape index (κ1) is 16.0. The van der Waals surface area contributed by atoms with Crippen LogP contribution in [0, 0.1) is 17.8 Å². The summed E-state index contributed by atoms with van der Waals surface area (Å²) in [5.74, 6) is 6.43.